The van der Waals surface area contributed by atoms with Crippen LogP contribution in [0.1, 0.15) is 23.6 Å². The average Bonchev–Trinajstić information content (AvgIpc) is 3.70. The average molecular weight is 534 g/mol. The van der Waals surface area contributed by atoms with E-state index in [9.17, 15) is 9.36 Å². The number of carbonyl (C=O) groups excluding carboxylic acids is 1. The molecule has 39 heavy (non-hydrogen) atoms. The molecule has 3 N–H and O–H groups in total. The third kappa shape index (κ3) is 5.34. The third-order valence-corrected chi connectivity index (χ3v) is 10.4. The van der Waals surface area contributed by atoms with Crippen molar-refractivity contribution in [2.45, 2.75) is 18.9 Å². The Kier molecular flexibility index (Phi) is 7.19. The van der Waals surface area contributed by atoms with Crippen LogP contribution in [0, 0.1) is 11.8 Å². The summed E-state index contributed by atoms with van der Waals surface area (Å²) in [5.74, 6) is 0.00346. The Morgan fingerprint density at radius 3 is 2.08 bits per heavy atom. The molecule has 1 amide bonds. The monoisotopic (exact) mass is 533 g/mol. The molecule has 1 saturated carbocycles. The minimum atomic E-state index is -3.18. The summed E-state index contributed by atoms with van der Waals surface area (Å²) < 4.78 is 14.8. The highest BCUT2D eigenvalue weighted by atomic mass is 31.2. The van der Waals surface area contributed by atoms with Gasteiger partial charge in [0.05, 0.1) is 0 Å². The minimum absolute atomic E-state index is 0.0567. The van der Waals surface area contributed by atoms with Crippen molar-refractivity contribution < 1.29 is 9.36 Å². The van der Waals surface area contributed by atoms with Gasteiger partial charge in [0.2, 0.25) is 13.2 Å². The number of rotatable bonds is 10. The third-order valence-electron chi connectivity index (χ3n) is 7.69. The molecule has 1 aliphatic carbocycles. The molecule has 6 rings (SSSR count). The predicted octanol–water partition coefficient (Wildman–Crippen LogP) is 5.72. The summed E-state index contributed by atoms with van der Waals surface area (Å²) in [6, 6.07) is 37.3. The van der Waals surface area contributed by atoms with Crippen molar-refractivity contribution in [2.24, 2.45) is 11.8 Å². The lowest BCUT2D eigenvalue weighted by atomic mass is 10.0. The van der Waals surface area contributed by atoms with Crippen LogP contribution in [0.3, 0.4) is 0 Å². The number of fused-ring (bicyclic) bond motifs is 1. The maximum Gasteiger partial charge on any atom is 0.223 e. The van der Waals surface area contributed by atoms with Gasteiger partial charge in [-0.2, -0.15) is 0 Å². The van der Waals surface area contributed by atoms with Crippen molar-refractivity contribution in [2.75, 3.05) is 6.54 Å². The Balaban J connectivity index is 1.20. The lowest BCUT2D eigenvalue weighted by Crippen LogP contribution is -2.33. The van der Waals surface area contributed by atoms with Crippen molar-refractivity contribution in [3.05, 3.63) is 133 Å². The van der Waals surface area contributed by atoms with Crippen LogP contribution in [0.2, 0.25) is 0 Å². The first-order chi connectivity index (χ1) is 19.1. The van der Waals surface area contributed by atoms with E-state index >= 15 is 0 Å². The van der Waals surface area contributed by atoms with Gasteiger partial charge in [0, 0.05) is 46.2 Å². The standard InChI is InChI=1S/C33H32N3O2P/c37-33(34-21-20-25-23-35-31-19-11-10-18-28(25)31)30-22-29(30)32(24-12-4-1-5-13-24)36-39(38,26-14-6-2-7-15-26)27-16-8-3-9-17-27/h1-19,23,29-30,32,35H,20-22H2,(H,34,37)(H,36,38)/t29-,30+,32-/m1/s1. The SMILES string of the molecule is O=C(NCCc1c[nH]c2ccccc12)[C@H]1C[C@H]1[C@H](NP(=O)(c1ccccc1)c1ccccc1)c1ccccc1. The topological polar surface area (TPSA) is 74.0 Å². The van der Waals surface area contributed by atoms with E-state index in [-0.39, 0.29) is 23.8 Å². The van der Waals surface area contributed by atoms with Gasteiger partial charge in [-0.1, -0.05) is 84.9 Å². The quantitative estimate of drug-likeness (QED) is 0.201. The van der Waals surface area contributed by atoms with E-state index in [4.69, 9.17) is 0 Å². The first kappa shape index (κ1) is 25.4. The Hall–Kier alpha value is -3.92. The van der Waals surface area contributed by atoms with Gasteiger partial charge in [-0.05, 0) is 60.2 Å². The molecule has 0 radical (unpaired) electrons. The van der Waals surface area contributed by atoms with Gasteiger partial charge >= 0.3 is 0 Å². The zero-order valence-electron chi connectivity index (χ0n) is 21.7. The van der Waals surface area contributed by atoms with Gasteiger partial charge in [0.15, 0.2) is 0 Å². The molecule has 1 heterocycles. The van der Waals surface area contributed by atoms with E-state index in [2.05, 4.69) is 39.7 Å². The number of para-hydroxylation sites is 1. The van der Waals surface area contributed by atoms with Crippen molar-refractivity contribution in [3.63, 3.8) is 0 Å². The fourth-order valence-corrected chi connectivity index (χ4v) is 8.03. The summed E-state index contributed by atoms with van der Waals surface area (Å²) in [5, 5.41) is 9.48. The maximum absolute atomic E-state index is 14.8. The molecule has 0 aliphatic heterocycles. The molecule has 1 aromatic heterocycles. The molecule has 1 fully saturated rings. The van der Waals surface area contributed by atoms with E-state index < -0.39 is 7.29 Å². The Morgan fingerprint density at radius 2 is 1.41 bits per heavy atom. The molecular formula is C33H32N3O2P. The van der Waals surface area contributed by atoms with Crippen molar-refractivity contribution in [1.29, 1.82) is 0 Å². The molecule has 6 heteroatoms. The minimum Gasteiger partial charge on any atom is -0.361 e. The van der Waals surface area contributed by atoms with E-state index in [0.29, 0.717) is 6.54 Å². The van der Waals surface area contributed by atoms with Crippen LogP contribution >= 0.6 is 7.29 Å². The summed E-state index contributed by atoms with van der Waals surface area (Å²) in [4.78, 5) is 16.5. The number of aromatic nitrogens is 1. The highest BCUT2D eigenvalue weighted by molar-refractivity contribution is 7.76. The van der Waals surface area contributed by atoms with Crippen LogP contribution in [0.15, 0.2) is 121 Å². The van der Waals surface area contributed by atoms with Crippen molar-refractivity contribution in [1.82, 2.24) is 15.4 Å². The smallest absolute Gasteiger partial charge is 0.223 e. The highest BCUT2D eigenvalue weighted by Gasteiger charge is 2.49. The lowest BCUT2D eigenvalue weighted by molar-refractivity contribution is -0.122. The summed E-state index contributed by atoms with van der Waals surface area (Å²) in [7, 11) is -3.18. The number of amides is 1. The zero-order chi connectivity index (χ0) is 26.7. The molecular weight excluding hydrogens is 501 g/mol. The molecule has 3 atom stereocenters. The second-order valence-electron chi connectivity index (χ2n) is 10.2. The number of H-pyrrole nitrogens is 1. The zero-order valence-corrected chi connectivity index (χ0v) is 22.6. The fraction of sp³-hybridized carbons (Fsp3) is 0.182. The molecule has 5 aromatic rings. The van der Waals surface area contributed by atoms with E-state index in [1.54, 1.807) is 0 Å². The van der Waals surface area contributed by atoms with E-state index in [1.807, 2.05) is 97.2 Å². The fourth-order valence-electron chi connectivity index (χ4n) is 5.52. The van der Waals surface area contributed by atoms with Gasteiger partial charge in [-0.15, -0.1) is 0 Å². The Bertz CT molecular complexity index is 1560. The number of aromatic amines is 1. The molecule has 0 unspecified atom stereocenters. The molecule has 5 nitrogen and oxygen atoms in total. The Labute approximate surface area is 229 Å². The van der Waals surface area contributed by atoms with Crippen LogP contribution < -0.4 is 21.0 Å². The van der Waals surface area contributed by atoms with Gasteiger partial charge in [0.25, 0.3) is 0 Å². The number of hydrogen-bond acceptors (Lipinski definition) is 2. The van der Waals surface area contributed by atoms with Crippen LogP contribution in [0.4, 0.5) is 0 Å². The summed E-state index contributed by atoms with van der Waals surface area (Å²) >= 11 is 0. The highest BCUT2D eigenvalue weighted by Crippen LogP contribution is 2.52. The van der Waals surface area contributed by atoms with Crippen LogP contribution in [-0.4, -0.2) is 17.4 Å². The summed E-state index contributed by atoms with van der Waals surface area (Å²) in [6.45, 7) is 0.583. The van der Waals surface area contributed by atoms with Crippen molar-refractivity contribution in [3.8, 4) is 0 Å². The molecule has 4 aromatic carbocycles. The number of benzene rings is 4. The first-order valence-corrected chi connectivity index (χ1v) is 15.2. The summed E-state index contributed by atoms with van der Waals surface area (Å²) in [5.41, 5.74) is 3.36. The summed E-state index contributed by atoms with van der Waals surface area (Å²) in [6.07, 6.45) is 3.55. The van der Waals surface area contributed by atoms with Gasteiger partial charge < -0.3 is 10.3 Å². The first-order valence-electron chi connectivity index (χ1n) is 13.5. The van der Waals surface area contributed by atoms with Gasteiger partial charge in [-0.3, -0.25) is 14.4 Å². The number of carbonyl (C=O) groups is 1. The van der Waals surface area contributed by atoms with E-state index in [0.717, 1.165) is 34.5 Å². The van der Waals surface area contributed by atoms with E-state index in [1.165, 1.54) is 10.9 Å². The molecule has 0 spiro atoms. The molecule has 1 aliphatic rings. The predicted molar refractivity (Wildman–Crippen MR) is 159 cm³/mol. The molecule has 0 bridgehead atoms. The van der Waals surface area contributed by atoms with Crippen LogP contribution in [-0.2, 0) is 15.8 Å². The molecule has 0 saturated heterocycles. The van der Waals surface area contributed by atoms with Crippen LogP contribution in [0.5, 0.6) is 0 Å². The lowest BCUT2D eigenvalue weighted by Gasteiger charge is -2.28. The molecule has 196 valence electrons. The van der Waals surface area contributed by atoms with Gasteiger partial charge in [-0.25, -0.2) is 0 Å². The number of hydrogen-bond donors (Lipinski definition) is 3. The maximum atomic E-state index is 14.8. The largest absolute Gasteiger partial charge is 0.361 e. The normalized spacial score (nSPS) is 17.5. The van der Waals surface area contributed by atoms with Gasteiger partial charge in [0.1, 0.15) is 0 Å². The number of nitrogens with one attached hydrogen (secondary N) is 3. The van der Waals surface area contributed by atoms with Crippen LogP contribution in [0.25, 0.3) is 10.9 Å². The van der Waals surface area contributed by atoms with Crippen molar-refractivity contribution >= 4 is 34.7 Å². The second kappa shape index (κ2) is 11.1. The second-order valence-corrected chi connectivity index (χ2v) is 12.7. The Morgan fingerprint density at radius 1 is 0.821 bits per heavy atom.